The van der Waals surface area contributed by atoms with Crippen LogP contribution in [0.5, 0.6) is 11.5 Å². The van der Waals surface area contributed by atoms with Gasteiger partial charge in [0.1, 0.15) is 21.9 Å². The Morgan fingerprint density at radius 3 is 2.71 bits per heavy atom. The summed E-state index contributed by atoms with van der Waals surface area (Å²) < 4.78 is 16.3. The van der Waals surface area contributed by atoms with Crippen LogP contribution < -0.4 is 9.47 Å². The van der Waals surface area contributed by atoms with E-state index in [9.17, 15) is 4.79 Å². The molecule has 1 unspecified atom stereocenters. The number of rotatable bonds is 2. The summed E-state index contributed by atoms with van der Waals surface area (Å²) in [4.78, 5) is 11.9. The molecule has 1 aliphatic heterocycles. The molecule has 1 aromatic rings. The first-order valence-corrected chi connectivity index (χ1v) is 6.02. The molecule has 17 heavy (non-hydrogen) atoms. The molecule has 0 radical (unpaired) electrons. The van der Waals surface area contributed by atoms with Gasteiger partial charge in [-0.1, -0.05) is 0 Å². The summed E-state index contributed by atoms with van der Waals surface area (Å²) in [5, 5.41) is 0. The first-order chi connectivity index (χ1) is 8.08. The standard InChI is InChI=1S/C12H13BrO4/c1-6-4-7-5-8(15-2)10(13)11(16-3)9(7)12(14)17-6/h5-6H,4H2,1-3H3. The smallest absolute Gasteiger partial charge is 0.342 e. The zero-order valence-corrected chi connectivity index (χ0v) is 11.5. The fourth-order valence-electron chi connectivity index (χ4n) is 1.98. The van der Waals surface area contributed by atoms with Crippen molar-refractivity contribution in [1.82, 2.24) is 0 Å². The number of hydrogen-bond donors (Lipinski definition) is 0. The van der Waals surface area contributed by atoms with E-state index in [0.717, 1.165) is 5.56 Å². The molecule has 0 spiro atoms. The van der Waals surface area contributed by atoms with Crippen molar-refractivity contribution in [3.05, 3.63) is 21.7 Å². The molecule has 0 N–H and O–H groups in total. The third-order valence-electron chi connectivity index (χ3n) is 2.71. The number of hydrogen-bond acceptors (Lipinski definition) is 4. The minimum atomic E-state index is -0.348. The second-order valence-electron chi connectivity index (χ2n) is 3.88. The Morgan fingerprint density at radius 1 is 1.41 bits per heavy atom. The van der Waals surface area contributed by atoms with Crippen molar-refractivity contribution >= 4 is 21.9 Å². The first-order valence-electron chi connectivity index (χ1n) is 5.22. The largest absolute Gasteiger partial charge is 0.495 e. The zero-order valence-electron chi connectivity index (χ0n) is 9.87. The maximum absolute atomic E-state index is 11.9. The predicted octanol–water partition coefficient (Wildman–Crippen LogP) is 2.57. The molecule has 1 atom stereocenters. The van der Waals surface area contributed by atoms with Gasteiger partial charge in [-0.3, -0.25) is 0 Å². The van der Waals surface area contributed by atoms with Gasteiger partial charge in [0.15, 0.2) is 5.75 Å². The maximum atomic E-state index is 11.9. The molecule has 1 aromatic carbocycles. The molecule has 0 saturated carbocycles. The fourth-order valence-corrected chi connectivity index (χ4v) is 2.62. The molecule has 0 aliphatic carbocycles. The Hall–Kier alpha value is -1.23. The van der Waals surface area contributed by atoms with E-state index in [-0.39, 0.29) is 12.1 Å². The number of halogens is 1. The highest BCUT2D eigenvalue weighted by molar-refractivity contribution is 9.10. The lowest BCUT2D eigenvalue weighted by Gasteiger charge is -2.24. The maximum Gasteiger partial charge on any atom is 0.342 e. The lowest BCUT2D eigenvalue weighted by Crippen LogP contribution is -2.26. The van der Waals surface area contributed by atoms with Crippen LogP contribution in [0.4, 0.5) is 0 Å². The molecule has 1 aliphatic rings. The number of methoxy groups -OCH3 is 2. The van der Waals surface area contributed by atoms with Crippen molar-refractivity contribution in [3.63, 3.8) is 0 Å². The number of ether oxygens (including phenoxy) is 3. The molecule has 0 aromatic heterocycles. The Bertz CT molecular complexity index is 470. The molecule has 2 rings (SSSR count). The second kappa shape index (κ2) is 4.56. The van der Waals surface area contributed by atoms with Gasteiger partial charge in [0.2, 0.25) is 0 Å². The highest BCUT2D eigenvalue weighted by atomic mass is 79.9. The van der Waals surface area contributed by atoms with E-state index < -0.39 is 0 Å². The third-order valence-corrected chi connectivity index (χ3v) is 3.46. The van der Waals surface area contributed by atoms with Crippen molar-refractivity contribution in [2.45, 2.75) is 19.4 Å². The minimum absolute atomic E-state index is 0.120. The first kappa shape index (κ1) is 12.2. The molecule has 1 heterocycles. The van der Waals surface area contributed by atoms with Gasteiger partial charge in [0.05, 0.1) is 14.2 Å². The summed E-state index contributed by atoms with van der Waals surface area (Å²) in [5.74, 6) is 0.776. The van der Waals surface area contributed by atoms with Gasteiger partial charge in [-0.05, 0) is 34.5 Å². The topological polar surface area (TPSA) is 44.8 Å². The molecule has 4 nitrogen and oxygen atoms in total. The summed E-state index contributed by atoms with van der Waals surface area (Å²) in [5.41, 5.74) is 1.38. The summed E-state index contributed by atoms with van der Waals surface area (Å²) in [6.07, 6.45) is 0.548. The minimum Gasteiger partial charge on any atom is -0.495 e. The van der Waals surface area contributed by atoms with E-state index in [4.69, 9.17) is 14.2 Å². The normalized spacial score (nSPS) is 18.4. The SMILES string of the molecule is COc1cc2c(c(OC)c1Br)C(=O)OC(C)C2. The van der Waals surface area contributed by atoms with Gasteiger partial charge in [-0.15, -0.1) is 0 Å². The van der Waals surface area contributed by atoms with E-state index in [1.807, 2.05) is 13.0 Å². The zero-order chi connectivity index (χ0) is 12.6. The predicted molar refractivity (Wildman–Crippen MR) is 65.8 cm³/mol. The Kier molecular flexibility index (Phi) is 3.28. The van der Waals surface area contributed by atoms with Crippen LogP contribution in [-0.2, 0) is 11.2 Å². The van der Waals surface area contributed by atoms with Gasteiger partial charge in [-0.2, -0.15) is 0 Å². The summed E-state index contributed by atoms with van der Waals surface area (Å²) in [6.45, 7) is 1.86. The lowest BCUT2D eigenvalue weighted by molar-refractivity contribution is 0.0296. The van der Waals surface area contributed by atoms with Crippen molar-refractivity contribution in [1.29, 1.82) is 0 Å². The van der Waals surface area contributed by atoms with E-state index in [0.29, 0.717) is 28.0 Å². The van der Waals surface area contributed by atoms with Crippen molar-refractivity contribution in [2.24, 2.45) is 0 Å². The number of benzene rings is 1. The van der Waals surface area contributed by atoms with Gasteiger partial charge in [0, 0.05) is 6.42 Å². The van der Waals surface area contributed by atoms with Crippen LogP contribution in [0, 0.1) is 0 Å². The van der Waals surface area contributed by atoms with Crippen LogP contribution in [0.25, 0.3) is 0 Å². The molecule has 0 bridgehead atoms. The summed E-state index contributed by atoms with van der Waals surface area (Å²) in [6, 6.07) is 1.85. The highest BCUT2D eigenvalue weighted by Crippen LogP contribution is 2.41. The van der Waals surface area contributed by atoms with Gasteiger partial charge < -0.3 is 14.2 Å². The van der Waals surface area contributed by atoms with Crippen LogP contribution in [0.15, 0.2) is 10.5 Å². The number of esters is 1. The van der Waals surface area contributed by atoms with E-state index in [2.05, 4.69) is 15.9 Å². The monoisotopic (exact) mass is 300 g/mol. The van der Waals surface area contributed by atoms with Crippen LogP contribution in [0.1, 0.15) is 22.8 Å². The summed E-state index contributed by atoms with van der Waals surface area (Å²) in [7, 11) is 3.10. The van der Waals surface area contributed by atoms with Crippen LogP contribution >= 0.6 is 15.9 Å². The van der Waals surface area contributed by atoms with E-state index in [1.165, 1.54) is 7.11 Å². The second-order valence-corrected chi connectivity index (χ2v) is 4.67. The molecule has 0 amide bonds. The van der Waals surface area contributed by atoms with Crippen LogP contribution in [0.2, 0.25) is 0 Å². The molecule has 0 saturated heterocycles. The fraction of sp³-hybridized carbons (Fsp3) is 0.417. The van der Waals surface area contributed by atoms with Gasteiger partial charge in [-0.25, -0.2) is 4.79 Å². The average Bonchev–Trinajstić information content (AvgIpc) is 2.29. The Morgan fingerprint density at radius 2 is 2.12 bits per heavy atom. The molecule has 92 valence electrons. The molecular weight excluding hydrogens is 288 g/mol. The van der Waals surface area contributed by atoms with Crippen LogP contribution in [0.3, 0.4) is 0 Å². The number of carbonyl (C=O) groups excluding carboxylic acids is 1. The third kappa shape index (κ3) is 1.99. The van der Waals surface area contributed by atoms with Gasteiger partial charge in [0.25, 0.3) is 0 Å². The number of fused-ring (bicyclic) bond motifs is 1. The van der Waals surface area contributed by atoms with Crippen molar-refractivity contribution in [3.8, 4) is 11.5 Å². The average molecular weight is 301 g/mol. The van der Waals surface area contributed by atoms with E-state index in [1.54, 1.807) is 7.11 Å². The molecular formula is C12H13BrO4. The highest BCUT2D eigenvalue weighted by Gasteiger charge is 2.30. The Balaban J connectivity index is 2.66. The van der Waals surface area contributed by atoms with E-state index >= 15 is 0 Å². The van der Waals surface area contributed by atoms with Crippen molar-refractivity contribution in [2.75, 3.05) is 14.2 Å². The summed E-state index contributed by atoms with van der Waals surface area (Å²) >= 11 is 3.37. The van der Waals surface area contributed by atoms with Crippen LogP contribution in [-0.4, -0.2) is 26.3 Å². The van der Waals surface area contributed by atoms with Crippen molar-refractivity contribution < 1.29 is 19.0 Å². The lowest BCUT2D eigenvalue weighted by atomic mass is 9.98. The molecule has 0 fully saturated rings. The van der Waals surface area contributed by atoms with Gasteiger partial charge >= 0.3 is 5.97 Å². The molecule has 5 heteroatoms. The number of carbonyl (C=O) groups is 1. The Labute approximate surface area is 108 Å². The quantitative estimate of drug-likeness (QED) is 0.788. The number of cyclic esters (lactones) is 1.